The Balaban J connectivity index is 1.47. The molecule has 1 saturated heterocycles. The van der Waals surface area contributed by atoms with Crippen molar-refractivity contribution in [2.24, 2.45) is 0 Å². The van der Waals surface area contributed by atoms with E-state index >= 15 is 0 Å². The van der Waals surface area contributed by atoms with Gasteiger partial charge in [0, 0.05) is 35.3 Å². The van der Waals surface area contributed by atoms with Gasteiger partial charge in [0.2, 0.25) is 5.95 Å². The number of imidazole rings is 1. The van der Waals surface area contributed by atoms with Crippen LogP contribution in [0.25, 0.3) is 21.9 Å². The maximum Gasteiger partial charge on any atom is 0.205 e. The molecule has 1 unspecified atom stereocenters. The number of nitrogens with one attached hydrogen (secondary N) is 3. The number of aromatic amines is 2. The fraction of sp³-hybridized carbons (Fsp3) is 0.211. The second-order valence-corrected chi connectivity index (χ2v) is 6.85. The molecular weight excluding hydrogens is 336 g/mol. The third-order valence-electron chi connectivity index (χ3n) is 4.79. The number of benzene rings is 2. The molecule has 5 rings (SSSR count). The van der Waals surface area contributed by atoms with Crippen molar-refractivity contribution in [1.82, 2.24) is 15.0 Å². The van der Waals surface area contributed by atoms with E-state index in [2.05, 4.69) is 38.5 Å². The van der Waals surface area contributed by atoms with Gasteiger partial charge in [-0.15, -0.1) is 0 Å². The molecule has 0 spiro atoms. The predicted molar refractivity (Wildman–Crippen MR) is 101 cm³/mol. The molecule has 1 aliphatic rings. The number of nitrogens with zero attached hydrogens (tertiary/aromatic N) is 1. The van der Waals surface area contributed by atoms with E-state index < -0.39 is 0 Å². The van der Waals surface area contributed by atoms with Crippen molar-refractivity contribution in [2.75, 3.05) is 18.5 Å². The quantitative estimate of drug-likeness (QED) is 0.489. The van der Waals surface area contributed by atoms with Gasteiger partial charge in [-0.3, -0.25) is 0 Å². The highest BCUT2D eigenvalue weighted by Gasteiger charge is 2.18. The first kappa shape index (κ1) is 14.8. The maximum absolute atomic E-state index is 6.34. The summed E-state index contributed by atoms with van der Waals surface area (Å²) in [4.78, 5) is 11.2. The van der Waals surface area contributed by atoms with Gasteiger partial charge in [-0.1, -0.05) is 17.7 Å². The van der Waals surface area contributed by atoms with Gasteiger partial charge in [0.25, 0.3) is 0 Å². The van der Waals surface area contributed by atoms with E-state index in [1.807, 2.05) is 24.4 Å². The Bertz CT molecular complexity index is 1060. The van der Waals surface area contributed by atoms with E-state index in [1.165, 1.54) is 5.56 Å². The van der Waals surface area contributed by atoms with Crippen molar-refractivity contribution >= 4 is 45.2 Å². The van der Waals surface area contributed by atoms with Crippen LogP contribution in [0.15, 0.2) is 42.6 Å². The van der Waals surface area contributed by atoms with Crippen LogP contribution < -0.4 is 5.32 Å². The molecule has 1 atom stereocenters. The fourth-order valence-electron chi connectivity index (χ4n) is 3.47. The van der Waals surface area contributed by atoms with Crippen LogP contribution in [0.2, 0.25) is 5.02 Å². The Hall–Kier alpha value is -2.50. The van der Waals surface area contributed by atoms with Crippen molar-refractivity contribution in [3.63, 3.8) is 0 Å². The topological polar surface area (TPSA) is 65.7 Å². The van der Waals surface area contributed by atoms with Crippen LogP contribution >= 0.6 is 11.6 Å². The average Bonchev–Trinajstić information content (AvgIpc) is 3.34. The third-order valence-corrected chi connectivity index (χ3v) is 5.10. The molecule has 5 nitrogen and oxygen atoms in total. The molecule has 4 aromatic rings. The molecule has 2 aromatic carbocycles. The van der Waals surface area contributed by atoms with Crippen molar-refractivity contribution in [3.05, 3.63) is 53.2 Å². The summed E-state index contributed by atoms with van der Waals surface area (Å²) >= 11 is 6.34. The molecule has 1 aliphatic heterocycles. The number of anilines is 2. The highest BCUT2D eigenvalue weighted by Crippen LogP contribution is 2.30. The van der Waals surface area contributed by atoms with E-state index in [0.717, 1.165) is 47.3 Å². The lowest BCUT2D eigenvalue weighted by Gasteiger charge is -2.06. The molecule has 2 aromatic heterocycles. The summed E-state index contributed by atoms with van der Waals surface area (Å²) in [6, 6.07) is 12.3. The predicted octanol–water partition coefficient (Wildman–Crippen LogP) is 4.95. The normalized spacial score (nSPS) is 17.6. The molecule has 3 heterocycles. The summed E-state index contributed by atoms with van der Waals surface area (Å²) in [6.45, 7) is 1.65. The highest BCUT2D eigenvalue weighted by molar-refractivity contribution is 6.35. The summed E-state index contributed by atoms with van der Waals surface area (Å²) in [6.07, 6.45) is 2.97. The molecule has 0 saturated carbocycles. The Morgan fingerprint density at radius 1 is 1.16 bits per heavy atom. The Kier molecular flexibility index (Phi) is 3.43. The molecule has 0 amide bonds. The molecule has 1 fully saturated rings. The Morgan fingerprint density at radius 2 is 2.12 bits per heavy atom. The minimum absolute atomic E-state index is 0.484. The number of hydrogen-bond donors (Lipinski definition) is 3. The van der Waals surface area contributed by atoms with Gasteiger partial charge in [-0.05, 0) is 42.3 Å². The van der Waals surface area contributed by atoms with E-state index in [-0.39, 0.29) is 0 Å². The molecule has 0 radical (unpaired) electrons. The zero-order valence-corrected chi connectivity index (χ0v) is 14.2. The number of halogens is 1. The van der Waals surface area contributed by atoms with E-state index in [4.69, 9.17) is 16.3 Å². The van der Waals surface area contributed by atoms with Crippen molar-refractivity contribution in [2.45, 2.75) is 12.3 Å². The molecule has 0 aliphatic carbocycles. The zero-order valence-electron chi connectivity index (χ0n) is 13.5. The number of rotatable bonds is 3. The maximum atomic E-state index is 6.34. The summed E-state index contributed by atoms with van der Waals surface area (Å²) in [7, 11) is 0. The second kappa shape index (κ2) is 5.79. The second-order valence-electron chi connectivity index (χ2n) is 6.44. The summed E-state index contributed by atoms with van der Waals surface area (Å²) < 4.78 is 5.49. The van der Waals surface area contributed by atoms with Crippen LogP contribution in [-0.4, -0.2) is 28.2 Å². The standard InChI is InChI=1S/C19H17ClN4O/c20-15-8-13(9-17-14(15)3-5-21-17)22-19-23-16-2-1-11(7-18(16)24-19)12-4-6-25-10-12/h1-3,5,7-9,12,21H,4,6,10H2,(H2,22,23,24). The van der Waals surface area contributed by atoms with Gasteiger partial charge >= 0.3 is 0 Å². The molecule has 6 heteroatoms. The van der Waals surface area contributed by atoms with Gasteiger partial charge in [-0.2, -0.15) is 0 Å². The van der Waals surface area contributed by atoms with Crippen LogP contribution in [0.3, 0.4) is 0 Å². The van der Waals surface area contributed by atoms with Crippen LogP contribution in [0.4, 0.5) is 11.6 Å². The van der Waals surface area contributed by atoms with E-state index in [0.29, 0.717) is 16.9 Å². The number of fused-ring (bicyclic) bond motifs is 2. The summed E-state index contributed by atoms with van der Waals surface area (Å²) in [5.74, 6) is 1.19. The van der Waals surface area contributed by atoms with Crippen LogP contribution in [-0.2, 0) is 4.74 Å². The van der Waals surface area contributed by atoms with Crippen LogP contribution in [0, 0.1) is 0 Å². The van der Waals surface area contributed by atoms with E-state index in [9.17, 15) is 0 Å². The third kappa shape index (κ3) is 2.65. The first-order valence-electron chi connectivity index (χ1n) is 8.37. The summed E-state index contributed by atoms with van der Waals surface area (Å²) in [5, 5.41) is 5.03. The van der Waals surface area contributed by atoms with Gasteiger partial charge in [-0.25, -0.2) is 4.98 Å². The van der Waals surface area contributed by atoms with Crippen LogP contribution in [0.1, 0.15) is 17.9 Å². The average molecular weight is 353 g/mol. The molecule has 0 bridgehead atoms. The minimum atomic E-state index is 0.484. The largest absolute Gasteiger partial charge is 0.381 e. The molecule has 25 heavy (non-hydrogen) atoms. The lowest BCUT2D eigenvalue weighted by atomic mass is 9.98. The monoisotopic (exact) mass is 352 g/mol. The van der Waals surface area contributed by atoms with Crippen LogP contribution in [0.5, 0.6) is 0 Å². The number of H-pyrrole nitrogens is 2. The SMILES string of the molecule is Clc1cc(Nc2nc3ccc(C4CCOC4)cc3[nH]2)cc2[nH]ccc12. The lowest BCUT2D eigenvalue weighted by Crippen LogP contribution is -1.96. The van der Waals surface area contributed by atoms with Gasteiger partial charge < -0.3 is 20.0 Å². The van der Waals surface area contributed by atoms with Gasteiger partial charge in [0.05, 0.1) is 22.7 Å². The van der Waals surface area contributed by atoms with Gasteiger partial charge in [0.1, 0.15) is 0 Å². The molecule has 126 valence electrons. The highest BCUT2D eigenvalue weighted by atomic mass is 35.5. The van der Waals surface area contributed by atoms with Crippen molar-refractivity contribution in [3.8, 4) is 0 Å². The Morgan fingerprint density at radius 3 is 3.00 bits per heavy atom. The number of aromatic nitrogens is 3. The fourth-order valence-corrected chi connectivity index (χ4v) is 3.75. The van der Waals surface area contributed by atoms with E-state index in [1.54, 1.807) is 0 Å². The number of hydrogen-bond acceptors (Lipinski definition) is 3. The Labute approximate surface area is 149 Å². The van der Waals surface area contributed by atoms with Crippen molar-refractivity contribution < 1.29 is 4.74 Å². The van der Waals surface area contributed by atoms with Crippen molar-refractivity contribution in [1.29, 1.82) is 0 Å². The first-order chi connectivity index (χ1) is 12.3. The zero-order chi connectivity index (χ0) is 16.8. The van der Waals surface area contributed by atoms with Gasteiger partial charge in [0.15, 0.2) is 0 Å². The summed E-state index contributed by atoms with van der Waals surface area (Å²) in [5.41, 5.74) is 5.16. The molecular formula is C19H17ClN4O. The number of ether oxygens (including phenoxy) is 1. The minimum Gasteiger partial charge on any atom is -0.381 e. The molecule has 3 N–H and O–H groups in total. The first-order valence-corrected chi connectivity index (χ1v) is 8.75. The smallest absolute Gasteiger partial charge is 0.205 e. The lowest BCUT2D eigenvalue weighted by molar-refractivity contribution is 0.194.